The second-order valence-corrected chi connectivity index (χ2v) is 8.68. The summed E-state index contributed by atoms with van der Waals surface area (Å²) >= 11 is 0. The van der Waals surface area contributed by atoms with Gasteiger partial charge < -0.3 is 4.57 Å². The molecular weight excluding hydrogens is 366 g/mol. The minimum atomic E-state index is -2.35. The normalized spacial score (nSPS) is 13.9. The number of hydrogen-bond acceptors (Lipinski definition) is 2. The molecule has 0 unspecified atom stereocenters. The first-order valence-electron chi connectivity index (χ1n) is 11.6. The molecule has 5 aromatic rings. The summed E-state index contributed by atoms with van der Waals surface area (Å²) in [6, 6.07) is 23.8. The molecule has 0 aliphatic rings. The van der Waals surface area contributed by atoms with Crippen LogP contribution < -0.4 is 0 Å². The van der Waals surface area contributed by atoms with Gasteiger partial charge in [-0.1, -0.05) is 57.2 Å². The molecule has 0 atom stereocenters. The highest BCUT2D eigenvalue weighted by atomic mass is 15.1. The van der Waals surface area contributed by atoms with Gasteiger partial charge in [-0.3, -0.25) is 4.98 Å². The van der Waals surface area contributed by atoms with E-state index < -0.39 is 6.98 Å². The maximum absolute atomic E-state index is 8.11. The Morgan fingerprint density at radius 1 is 0.867 bits per heavy atom. The Morgan fingerprint density at radius 2 is 1.67 bits per heavy atom. The monoisotopic (exact) mass is 394 g/mol. The third-order valence-corrected chi connectivity index (χ3v) is 5.54. The molecule has 2 heterocycles. The van der Waals surface area contributed by atoms with Crippen LogP contribution in [0.25, 0.3) is 44.5 Å². The van der Waals surface area contributed by atoms with E-state index in [2.05, 4.69) is 61.1 Å². The average molecular weight is 395 g/mol. The van der Waals surface area contributed by atoms with Gasteiger partial charge in [0.15, 0.2) is 0 Å². The molecule has 0 radical (unpaired) electrons. The van der Waals surface area contributed by atoms with E-state index in [0.717, 1.165) is 22.2 Å². The molecule has 0 bridgehead atoms. The third-order valence-electron chi connectivity index (χ3n) is 5.54. The van der Waals surface area contributed by atoms with Crippen molar-refractivity contribution in [3.8, 4) is 22.6 Å². The predicted octanol–water partition coefficient (Wildman–Crippen LogP) is 6.75. The van der Waals surface area contributed by atoms with E-state index in [1.165, 1.54) is 15.5 Å². The highest BCUT2D eigenvalue weighted by molar-refractivity contribution is 5.91. The van der Waals surface area contributed by atoms with Gasteiger partial charge >= 0.3 is 0 Å². The van der Waals surface area contributed by atoms with E-state index in [1.54, 1.807) is 12.3 Å². The summed E-state index contributed by atoms with van der Waals surface area (Å²) < 4.78 is 25.7. The van der Waals surface area contributed by atoms with Crippen LogP contribution in [0.5, 0.6) is 0 Å². The molecule has 5 rings (SSSR count). The minimum Gasteiger partial charge on any atom is -0.327 e. The van der Waals surface area contributed by atoms with Crippen molar-refractivity contribution in [1.29, 1.82) is 0 Å². The van der Waals surface area contributed by atoms with Crippen molar-refractivity contribution >= 4 is 21.8 Å². The lowest BCUT2D eigenvalue weighted by atomic mass is 9.82. The Morgan fingerprint density at radius 3 is 2.50 bits per heavy atom. The quantitative estimate of drug-likeness (QED) is 0.331. The molecule has 0 saturated heterocycles. The number of aryl methyl sites for hydroxylation is 1. The number of para-hydroxylation sites is 2. The lowest BCUT2D eigenvalue weighted by Gasteiger charge is -2.22. The van der Waals surface area contributed by atoms with Crippen molar-refractivity contribution in [2.24, 2.45) is 6.98 Å². The van der Waals surface area contributed by atoms with Crippen LogP contribution in [0.2, 0.25) is 0 Å². The largest absolute Gasteiger partial charge is 0.327 e. The summed E-state index contributed by atoms with van der Waals surface area (Å²) in [5.74, 6) is 0.414. The van der Waals surface area contributed by atoms with Gasteiger partial charge in [-0.05, 0) is 58.1 Å². The Balaban J connectivity index is 1.72. The van der Waals surface area contributed by atoms with Gasteiger partial charge in [0.05, 0.1) is 16.7 Å². The van der Waals surface area contributed by atoms with Gasteiger partial charge in [-0.2, -0.15) is 0 Å². The zero-order chi connectivity index (χ0) is 23.4. The standard InChI is InChI=1S/C27H25N3/c1-27(2,3)22-16-20(15-18-9-5-6-10-21(18)22)24-17-19(13-14-28-24)26-29-23-11-7-8-12-25(23)30(26)4/h5-17H,1-4H3/i4D3. The first-order valence-corrected chi connectivity index (χ1v) is 10.1. The van der Waals surface area contributed by atoms with Crippen molar-refractivity contribution in [3.05, 3.63) is 84.6 Å². The fraction of sp³-hybridized carbons (Fsp3) is 0.185. The maximum atomic E-state index is 8.11. The number of hydrogen-bond donors (Lipinski definition) is 0. The SMILES string of the molecule is [2H]C([2H])([2H])n1c(-c2ccnc(-c3cc(C(C)(C)C)c4ccccc4c3)c2)nc2ccccc21. The lowest BCUT2D eigenvalue weighted by Crippen LogP contribution is -2.12. The molecule has 3 aromatic carbocycles. The van der Waals surface area contributed by atoms with Crippen LogP contribution in [0.4, 0.5) is 0 Å². The van der Waals surface area contributed by atoms with E-state index in [9.17, 15) is 0 Å². The Hall–Kier alpha value is -3.46. The third kappa shape index (κ3) is 3.07. The predicted molar refractivity (Wildman–Crippen MR) is 126 cm³/mol. The maximum Gasteiger partial charge on any atom is 0.140 e. The van der Waals surface area contributed by atoms with Gasteiger partial charge in [0.25, 0.3) is 0 Å². The zero-order valence-corrected chi connectivity index (χ0v) is 17.3. The number of fused-ring (bicyclic) bond motifs is 2. The summed E-state index contributed by atoms with van der Waals surface area (Å²) in [7, 11) is 0. The van der Waals surface area contributed by atoms with Crippen LogP contribution in [0.3, 0.4) is 0 Å². The Kier molecular flexibility index (Phi) is 3.49. The van der Waals surface area contributed by atoms with Crippen molar-refractivity contribution in [2.75, 3.05) is 0 Å². The number of imidazole rings is 1. The first-order chi connectivity index (χ1) is 15.6. The fourth-order valence-corrected chi connectivity index (χ4v) is 4.03. The van der Waals surface area contributed by atoms with E-state index in [-0.39, 0.29) is 5.41 Å². The van der Waals surface area contributed by atoms with Gasteiger partial charge in [0, 0.05) is 28.4 Å². The van der Waals surface area contributed by atoms with Gasteiger partial charge in [-0.15, -0.1) is 0 Å². The van der Waals surface area contributed by atoms with Gasteiger partial charge in [-0.25, -0.2) is 4.98 Å². The molecule has 0 saturated carbocycles. The second-order valence-electron chi connectivity index (χ2n) is 8.68. The Labute approximate surface area is 181 Å². The molecule has 30 heavy (non-hydrogen) atoms. The molecule has 3 nitrogen and oxygen atoms in total. The highest BCUT2D eigenvalue weighted by Crippen LogP contribution is 2.35. The summed E-state index contributed by atoms with van der Waals surface area (Å²) in [5.41, 5.74) is 4.96. The molecule has 3 heteroatoms. The van der Waals surface area contributed by atoms with E-state index in [1.807, 2.05) is 36.4 Å². The fourth-order valence-electron chi connectivity index (χ4n) is 4.03. The first kappa shape index (κ1) is 15.4. The van der Waals surface area contributed by atoms with Crippen LogP contribution in [0.15, 0.2) is 79.0 Å². The van der Waals surface area contributed by atoms with Crippen LogP contribution in [0, 0.1) is 0 Å². The van der Waals surface area contributed by atoms with Crippen LogP contribution in [-0.2, 0) is 12.4 Å². The summed E-state index contributed by atoms with van der Waals surface area (Å²) in [4.78, 5) is 9.30. The number of rotatable bonds is 2. The minimum absolute atomic E-state index is 0.0392. The van der Waals surface area contributed by atoms with Crippen molar-refractivity contribution in [3.63, 3.8) is 0 Å². The van der Waals surface area contributed by atoms with E-state index >= 15 is 0 Å². The molecule has 0 N–H and O–H groups in total. The molecule has 0 fully saturated rings. The molecular formula is C27H25N3. The van der Waals surface area contributed by atoms with Crippen molar-refractivity contribution in [1.82, 2.24) is 14.5 Å². The topological polar surface area (TPSA) is 30.7 Å². The summed E-state index contributed by atoms with van der Waals surface area (Å²) in [5, 5.41) is 2.39. The summed E-state index contributed by atoms with van der Waals surface area (Å²) in [6.45, 7) is 4.28. The number of benzene rings is 3. The molecule has 0 aliphatic carbocycles. The van der Waals surface area contributed by atoms with Gasteiger partial charge in [0.1, 0.15) is 5.82 Å². The number of aromatic nitrogens is 3. The van der Waals surface area contributed by atoms with Crippen LogP contribution in [0.1, 0.15) is 30.4 Å². The van der Waals surface area contributed by atoms with Crippen LogP contribution in [-0.4, -0.2) is 14.5 Å². The van der Waals surface area contributed by atoms with E-state index in [4.69, 9.17) is 4.11 Å². The molecule has 0 aliphatic heterocycles. The van der Waals surface area contributed by atoms with Crippen LogP contribution >= 0.6 is 0 Å². The van der Waals surface area contributed by atoms with Gasteiger partial charge in [0.2, 0.25) is 0 Å². The molecule has 2 aromatic heterocycles. The second kappa shape index (κ2) is 6.81. The highest BCUT2D eigenvalue weighted by Gasteiger charge is 2.19. The van der Waals surface area contributed by atoms with Crippen molar-refractivity contribution < 1.29 is 4.11 Å². The lowest BCUT2D eigenvalue weighted by molar-refractivity contribution is 0.596. The Bertz CT molecular complexity index is 1490. The summed E-state index contributed by atoms with van der Waals surface area (Å²) in [6.07, 6.45) is 1.72. The zero-order valence-electron chi connectivity index (χ0n) is 20.3. The number of nitrogens with zero attached hydrogens (tertiary/aromatic N) is 3. The smallest absolute Gasteiger partial charge is 0.140 e. The molecule has 0 amide bonds. The molecule has 148 valence electrons. The van der Waals surface area contributed by atoms with Crippen molar-refractivity contribution in [2.45, 2.75) is 26.2 Å². The number of pyridine rings is 1. The average Bonchev–Trinajstić information content (AvgIpc) is 3.18. The molecule has 0 spiro atoms. The van der Waals surface area contributed by atoms with E-state index in [0.29, 0.717) is 16.9 Å².